The highest BCUT2D eigenvalue weighted by Crippen LogP contribution is 2.33. The Kier molecular flexibility index (Phi) is 3.40. The number of ether oxygens (including phenoxy) is 1. The molecule has 0 unspecified atom stereocenters. The molecule has 0 amide bonds. The van der Waals surface area contributed by atoms with Crippen molar-refractivity contribution in [3.8, 4) is 5.75 Å². The Morgan fingerprint density at radius 2 is 2.04 bits per heavy atom. The zero-order valence-electron chi connectivity index (χ0n) is 13.8. The van der Waals surface area contributed by atoms with E-state index in [1.54, 1.807) is 6.33 Å². The number of fused-ring (bicyclic) bond motifs is 3. The molecule has 4 heterocycles. The molecule has 5 nitrogen and oxygen atoms in total. The predicted molar refractivity (Wildman–Crippen MR) is 92.4 cm³/mol. The lowest BCUT2D eigenvalue weighted by Crippen LogP contribution is -2.50. The fraction of sp³-hybridized carbons (Fsp3) is 0.474. The van der Waals surface area contributed by atoms with E-state index in [-0.39, 0.29) is 0 Å². The van der Waals surface area contributed by atoms with Gasteiger partial charge in [-0.05, 0) is 31.0 Å². The van der Waals surface area contributed by atoms with Gasteiger partial charge in [0.05, 0.1) is 5.69 Å². The summed E-state index contributed by atoms with van der Waals surface area (Å²) in [5.74, 6) is 2.09. The molecular formula is C19H22N4O. The number of hydrogen-bond donors (Lipinski definition) is 0. The van der Waals surface area contributed by atoms with Gasteiger partial charge in [0, 0.05) is 37.7 Å². The van der Waals surface area contributed by atoms with Crippen molar-refractivity contribution < 1.29 is 4.74 Å². The van der Waals surface area contributed by atoms with Gasteiger partial charge in [0.15, 0.2) is 0 Å². The Balaban J connectivity index is 1.50. The van der Waals surface area contributed by atoms with Crippen molar-refractivity contribution in [2.75, 3.05) is 31.1 Å². The van der Waals surface area contributed by atoms with E-state index < -0.39 is 0 Å². The third kappa shape index (κ3) is 2.35. The quantitative estimate of drug-likeness (QED) is 0.805. The Morgan fingerprint density at radius 3 is 3.04 bits per heavy atom. The zero-order chi connectivity index (χ0) is 15.9. The number of nitrogens with zero attached hydrogens (tertiary/aromatic N) is 4. The summed E-state index contributed by atoms with van der Waals surface area (Å²) >= 11 is 0. The summed E-state index contributed by atoms with van der Waals surface area (Å²) in [5.41, 5.74) is 3.51. The first-order valence-corrected chi connectivity index (χ1v) is 8.91. The Bertz CT molecular complexity index is 763. The van der Waals surface area contributed by atoms with E-state index in [1.165, 1.54) is 30.5 Å². The molecule has 0 bridgehead atoms. The third-order valence-electron chi connectivity index (χ3n) is 5.60. The summed E-state index contributed by atoms with van der Waals surface area (Å²) in [6.45, 7) is 5.10. The number of aromatic nitrogens is 2. The molecule has 2 aromatic rings. The van der Waals surface area contributed by atoms with Crippen molar-refractivity contribution in [2.24, 2.45) is 0 Å². The van der Waals surface area contributed by atoms with Gasteiger partial charge in [0.25, 0.3) is 0 Å². The van der Waals surface area contributed by atoms with Crippen LogP contribution in [0.5, 0.6) is 5.75 Å². The highest BCUT2D eigenvalue weighted by Gasteiger charge is 2.32. The van der Waals surface area contributed by atoms with Gasteiger partial charge in [-0.25, -0.2) is 9.97 Å². The highest BCUT2D eigenvalue weighted by atomic mass is 16.5. The van der Waals surface area contributed by atoms with Crippen molar-refractivity contribution in [3.05, 3.63) is 47.4 Å². The largest absolute Gasteiger partial charge is 0.487 e. The summed E-state index contributed by atoms with van der Waals surface area (Å²) in [6.07, 6.45) is 5.21. The van der Waals surface area contributed by atoms with Gasteiger partial charge in [0.2, 0.25) is 0 Å². The molecule has 2 fully saturated rings. The van der Waals surface area contributed by atoms with Crippen LogP contribution in [0, 0.1) is 0 Å². The molecule has 3 aliphatic rings. The van der Waals surface area contributed by atoms with E-state index in [0.29, 0.717) is 12.6 Å². The monoisotopic (exact) mass is 322 g/mol. The molecule has 1 atom stereocenters. The number of anilines is 1. The van der Waals surface area contributed by atoms with Gasteiger partial charge in [-0.3, -0.25) is 4.90 Å². The van der Waals surface area contributed by atoms with Gasteiger partial charge >= 0.3 is 0 Å². The van der Waals surface area contributed by atoms with Crippen LogP contribution in [-0.2, 0) is 13.0 Å². The lowest BCUT2D eigenvalue weighted by molar-refractivity contribution is 0.230. The number of piperazine rings is 1. The average Bonchev–Trinajstić information content (AvgIpc) is 3.00. The Labute approximate surface area is 142 Å². The van der Waals surface area contributed by atoms with Crippen molar-refractivity contribution in [2.45, 2.75) is 31.9 Å². The lowest BCUT2D eigenvalue weighted by Gasteiger charge is -2.38. The molecule has 24 heavy (non-hydrogen) atoms. The van der Waals surface area contributed by atoms with E-state index in [2.05, 4.69) is 31.9 Å². The van der Waals surface area contributed by atoms with Gasteiger partial charge in [-0.15, -0.1) is 0 Å². The lowest BCUT2D eigenvalue weighted by atomic mass is 10.0. The molecule has 2 saturated heterocycles. The van der Waals surface area contributed by atoms with Crippen molar-refractivity contribution in [1.29, 1.82) is 0 Å². The van der Waals surface area contributed by atoms with E-state index >= 15 is 0 Å². The van der Waals surface area contributed by atoms with Gasteiger partial charge < -0.3 is 9.64 Å². The van der Waals surface area contributed by atoms with E-state index in [1.807, 2.05) is 12.1 Å². The van der Waals surface area contributed by atoms with Crippen LogP contribution in [0.15, 0.2) is 30.6 Å². The van der Waals surface area contributed by atoms with E-state index in [4.69, 9.17) is 4.74 Å². The minimum atomic E-state index is 0.533. The number of para-hydroxylation sites is 1. The van der Waals surface area contributed by atoms with Crippen LogP contribution in [-0.4, -0.2) is 47.1 Å². The number of benzene rings is 1. The van der Waals surface area contributed by atoms with Crippen LogP contribution >= 0.6 is 0 Å². The van der Waals surface area contributed by atoms with Crippen LogP contribution < -0.4 is 9.64 Å². The molecular weight excluding hydrogens is 300 g/mol. The van der Waals surface area contributed by atoms with E-state index in [9.17, 15) is 0 Å². The Morgan fingerprint density at radius 1 is 1.08 bits per heavy atom. The maximum Gasteiger partial charge on any atom is 0.136 e. The minimum Gasteiger partial charge on any atom is -0.487 e. The smallest absolute Gasteiger partial charge is 0.136 e. The maximum atomic E-state index is 5.97. The molecule has 124 valence electrons. The standard InChI is InChI=1S/C19H22N4O/c1-2-6-18-14(4-1)10-16-17(12-24-18)20-13-21-19(16)23-9-8-22-7-3-5-15(22)11-23/h1-2,4,6,13,15H,3,5,7-12H2/t15-/m0/s1. The first-order chi connectivity index (χ1) is 11.9. The summed E-state index contributed by atoms with van der Waals surface area (Å²) < 4.78 is 5.97. The van der Waals surface area contributed by atoms with Crippen molar-refractivity contribution in [3.63, 3.8) is 0 Å². The molecule has 0 N–H and O–H groups in total. The SMILES string of the molecule is c1ccc2c(c1)Cc1c(ncnc1N1CCN3CCC[C@H]3C1)CO2. The topological polar surface area (TPSA) is 41.5 Å². The van der Waals surface area contributed by atoms with Crippen LogP contribution in [0.25, 0.3) is 0 Å². The molecule has 5 rings (SSSR count). The molecule has 1 aromatic heterocycles. The molecule has 0 aliphatic carbocycles. The van der Waals surface area contributed by atoms with Crippen LogP contribution in [0.3, 0.4) is 0 Å². The molecule has 0 spiro atoms. The summed E-state index contributed by atoms with van der Waals surface area (Å²) in [5, 5.41) is 0. The number of rotatable bonds is 1. The molecule has 0 saturated carbocycles. The first kappa shape index (κ1) is 14.2. The van der Waals surface area contributed by atoms with Crippen molar-refractivity contribution >= 4 is 5.82 Å². The molecule has 0 radical (unpaired) electrons. The fourth-order valence-corrected chi connectivity index (χ4v) is 4.33. The Hall–Kier alpha value is -2.14. The van der Waals surface area contributed by atoms with Crippen LogP contribution in [0.2, 0.25) is 0 Å². The molecule has 5 heteroatoms. The molecule has 1 aromatic carbocycles. The van der Waals surface area contributed by atoms with Gasteiger partial charge in [-0.2, -0.15) is 0 Å². The van der Waals surface area contributed by atoms with Gasteiger partial charge in [0.1, 0.15) is 24.5 Å². The predicted octanol–water partition coefficient (Wildman–Crippen LogP) is 2.24. The maximum absolute atomic E-state index is 5.97. The van der Waals surface area contributed by atoms with Gasteiger partial charge in [-0.1, -0.05) is 18.2 Å². The van der Waals surface area contributed by atoms with Crippen LogP contribution in [0.4, 0.5) is 5.82 Å². The average molecular weight is 322 g/mol. The van der Waals surface area contributed by atoms with Crippen LogP contribution in [0.1, 0.15) is 29.7 Å². The summed E-state index contributed by atoms with van der Waals surface area (Å²) in [7, 11) is 0. The zero-order valence-corrected chi connectivity index (χ0v) is 13.8. The second-order valence-corrected chi connectivity index (χ2v) is 6.97. The second kappa shape index (κ2) is 5.74. The van der Waals surface area contributed by atoms with E-state index in [0.717, 1.165) is 43.3 Å². The first-order valence-electron chi connectivity index (χ1n) is 8.91. The highest BCUT2D eigenvalue weighted by molar-refractivity contribution is 5.54. The second-order valence-electron chi connectivity index (χ2n) is 6.97. The third-order valence-corrected chi connectivity index (χ3v) is 5.60. The van der Waals surface area contributed by atoms with Crippen molar-refractivity contribution in [1.82, 2.24) is 14.9 Å². The summed E-state index contributed by atoms with van der Waals surface area (Å²) in [6, 6.07) is 9.00. The molecule has 3 aliphatic heterocycles. The minimum absolute atomic E-state index is 0.533. The summed E-state index contributed by atoms with van der Waals surface area (Å²) in [4.78, 5) is 14.3. The number of hydrogen-bond acceptors (Lipinski definition) is 5. The normalized spacial score (nSPS) is 23.0. The fourth-order valence-electron chi connectivity index (χ4n) is 4.33.